The summed E-state index contributed by atoms with van der Waals surface area (Å²) in [7, 11) is 0. The highest BCUT2D eigenvalue weighted by Crippen LogP contribution is 2.15. The van der Waals surface area contributed by atoms with Gasteiger partial charge in [-0.15, -0.1) is 0 Å². The van der Waals surface area contributed by atoms with E-state index in [2.05, 4.69) is 15.3 Å². The minimum atomic E-state index is -0.729. The molecule has 0 radical (unpaired) electrons. The first kappa shape index (κ1) is 16.9. The fourth-order valence-electron chi connectivity index (χ4n) is 1.83. The summed E-state index contributed by atoms with van der Waals surface area (Å²) in [6.45, 7) is 3.25. The molecule has 2 rings (SSSR count). The average Bonchev–Trinajstić information content (AvgIpc) is 2.54. The van der Waals surface area contributed by atoms with Crippen LogP contribution < -0.4 is 10.1 Å². The summed E-state index contributed by atoms with van der Waals surface area (Å²) < 4.78 is 5.55. The van der Waals surface area contributed by atoms with Crippen molar-refractivity contribution in [3.8, 4) is 5.75 Å². The second-order valence-electron chi connectivity index (χ2n) is 4.86. The molecule has 1 heterocycles. The molecule has 0 fully saturated rings. The average molecular weight is 334 g/mol. The van der Waals surface area contributed by atoms with Crippen molar-refractivity contribution >= 4 is 23.3 Å². The van der Waals surface area contributed by atoms with Crippen LogP contribution in [0.25, 0.3) is 0 Å². The molecule has 120 valence electrons. The van der Waals surface area contributed by atoms with Gasteiger partial charge in [0.1, 0.15) is 5.75 Å². The number of carbonyl (C=O) groups is 2. The van der Waals surface area contributed by atoms with Crippen LogP contribution in [0.3, 0.4) is 0 Å². The zero-order chi connectivity index (χ0) is 16.8. The van der Waals surface area contributed by atoms with Crippen molar-refractivity contribution in [2.45, 2.75) is 26.5 Å². The van der Waals surface area contributed by atoms with E-state index < -0.39 is 6.10 Å². The van der Waals surface area contributed by atoms with Crippen LogP contribution in [-0.4, -0.2) is 27.8 Å². The van der Waals surface area contributed by atoms with Gasteiger partial charge < -0.3 is 10.1 Å². The first-order valence-corrected chi connectivity index (χ1v) is 7.36. The molecular formula is C16H16ClN3O3. The van der Waals surface area contributed by atoms with Gasteiger partial charge in [-0.1, -0.05) is 23.7 Å². The lowest BCUT2D eigenvalue weighted by atomic mass is 10.1. The van der Waals surface area contributed by atoms with Gasteiger partial charge in [-0.25, -0.2) is 4.98 Å². The van der Waals surface area contributed by atoms with Gasteiger partial charge in [0.05, 0.1) is 12.2 Å². The van der Waals surface area contributed by atoms with Crippen LogP contribution in [0.4, 0.5) is 0 Å². The zero-order valence-electron chi connectivity index (χ0n) is 12.7. The minimum absolute atomic E-state index is 0.0650. The number of nitrogens with zero attached hydrogens (tertiary/aromatic N) is 2. The molecule has 1 aromatic carbocycles. The Labute approximate surface area is 138 Å². The van der Waals surface area contributed by atoms with Crippen LogP contribution in [0.5, 0.6) is 5.75 Å². The molecule has 2 aromatic rings. The molecular weight excluding hydrogens is 318 g/mol. The number of carbonyl (C=O) groups excluding carboxylic acids is 2. The van der Waals surface area contributed by atoms with Crippen LogP contribution in [0, 0.1) is 0 Å². The van der Waals surface area contributed by atoms with Crippen LogP contribution >= 0.6 is 11.6 Å². The maximum atomic E-state index is 12.1. The van der Waals surface area contributed by atoms with Crippen molar-refractivity contribution in [1.29, 1.82) is 0 Å². The Bertz CT molecular complexity index is 721. The summed E-state index contributed by atoms with van der Waals surface area (Å²) >= 11 is 5.88. The molecule has 0 aliphatic heterocycles. The summed E-state index contributed by atoms with van der Waals surface area (Å²) in [4.78, 5) is 31.3. The van der Waals surface area contributed by atoms with Gasteiger partial charge in [-0.3, -0.25) is 14.6 Å². The van der Waals surface area contributed by atoms with E-state index >= 15 is 0 Å². The highest BCUT2D eigenvalue weighted by molar-refractivity contribution is 6.29. The van der Waals surface area contributed by atoms with Gasteiger partial charge in [0, 0.05) is 18.0 Å². The number of halogens is 1. The molecule has 6 nitrogen and oxygen atoms in total. The summed E-state index contributed by atoms with van der Waals surface area (Å²) in [5.74, 6) is 0.0719. The monoisotopic (exact) mass is 333 g/mol. The molecule has 1 aromatic heterocycles. The topological polar surface area (TPSA) is 81.2 Å². The highest BCUT2D eigenvalue weighted by atomic mass is 35.5. The van der Waals surface area contributed by atoms with Gasteiger partial charge in [0.2, 0.25) is 0 Å². The minimum Gasteiger partial charge on any atom is -0.481 e. The number of ether oxygens (including phenoxy) is 1. The first-order chi connectivity index (χ1) is 11.0. The number of ketones is 1. The molecule has 1 atom stereocenters. The number of hydrogen-bond donors (Lipinski definition) is 1. The second kappa shape index (κ2) is 7.69. The fraction of sp³-hybridized carbons (Fsp3) is 0.250. The Hall–Kier alpha value is -2.47. The summed E-state index contributed by atoms with van der Waals surface area (Å²) in [6, 6.07) is 6.69. The van der Waals surface area contributed by atoms with Crippen LogP contribution in [-0.2, 0) is 11.3 Å². The van der Waals surface area contributed by atoms with Gasteiger partial charge >= 0.3 is 0 Å². The molecule has 0 unspecified atom stereocenters. The SMILES string of the molecule is CC(=O)c1cccc(O[C@H](C)C(=O)NCc2nccnc2Cl)c1. The van der Waals surface area contributed by atoms with Crippen molar-refractivity contribution in [1.82, 2.24) is 15.3 Å². The first-order valence-electron chi connectivity index (χ1n) is 6.98. The predicted octanol–water partition coefficient (Wildman–Crippen LogP) is 2.42. The predicted molar refractivity (Wildman–Crippen MR) is 85.4 cm³/mol. The number of nitrogens with one attached hydrogen (secondary N) is 1. The highest BCUT2D eigenvalue weighted by Gasteiger charge is 2.15. The maximum Gasteiger partial charge on any atom is 0.261 e. The van der Waals surface area contributed by atoms with E-state index in [0.717, 1.165) is 0 Å². The lowest BCUT2D eigenvalue weighted by Gasteiger charge is -2.15. The van der Waals surface area contributed by atoms with Gasteiger partial charge in [0.25, 0.3) is 5.91 Å². The number of aromatic nitrogens is 2. The van der Waals surface area contributed by atoms with Crippen molar-refractivity contribution in [2.24, 2.45) is 0 Å². The van der Waals surface area contributed by atoms with E-state index in [-0.39, 0.29) is 23.4 Å². The van der Waals surface area contributed by atoms with Crippen LogP contribution in [0.1, 0.15) is 29.9 Å². The van der Waals surface area contributed by atoms with Crippen LogP contribution in [0.15, 0.2) is 36.7 Å². The van der Waals surface area contributed by atoms with Gasteiger partial charge in [0.15, 0.2) is 17.0 Å². The van der Waals surface area contributed by atoms with E-state index in [1.807, 2.05) is 0 Å². The van der Waals surface area contributed by atoms with E-state index in [9.17, 15) is 9.59 Å². The Morgan fingerprint density at radius 1 is 1.30 bits per heavy atom. The molecule has 1 amide bonds. The molecule has 0 saturated carbocycles. The Morgan fingerprint density at radius 3 is 2.74 bits per heavy atom. The third-order valence-electron chi connectivity index (χ3n) is 3.08. The van der Waals surface area contributed by atoms with Crippen LogP contribution in [0.2, 0.25) is 5.15 Å². The lowest BCUT2D eigenvalue weighted by Crippen LogP contribution is -2.36. The van der Waals surface area contributed by atoms with Crippen molar-refractivity contribution in [3.63, 3.8) is 0 Å². The van der Waals surface area contributed by atoms with Gasteiger partial charge in [-0.2, -0.15) is 0 Å². The standard InChI is InChI=1S/C16H16ClN3O3/c1-10(21)12-4-3-5-13(8-12)23-11(2)16(22)20-9-14-15(17)19-7-6-18-14/h3-8,11H,9H2,1-2H3,(H,20,22)/t11-/m1/s1. The van der Waals surface area contributed by atoms with E-state index in [0.29, 0.717) is 17.0 Å². The third-order valence-corrected chi connectivity index (χ3v) is 3.39. The summed E-state index contributed by atoms with van der Waals surface area (Å²) in [5, 5.41) is 2.93. The molecule has 7 heteroatoms. The summed E-state index contributed by atoms with van der Waals surface area (Å²) in [5.41, 5.74) is 1.01. The number of hydrogen-bond acceptors (Lipinski definition) is 5. The molecule has 0 aliphatic rings. The quantitative estimate of drug-likeness (QED) is 0.821. The molecule has 0 aliphatic carbocycles. The molecule has 1 N–H and O–H groups in total. The van der Waals surface area contributed by atoms with Crippen molar-refractivity contribution in [2.75, 3.05) is 0 Å². The maximum absolute atomic E-state index is 12.1. The van der Waals surface area contributed by atoms with Crippen molar-refractivity contribution in [3.05, 3.63) is 53.1 Å². The number of amides is 1. The molecule has 0 spiro atoms. The third kappa shape index (κ3) is 4.75. The van der Waals surface area contributed by atoms with E-state index in [1.54, 1.807) is 31.2 Å². The Balaban J connectivity index is 1.94. The fourth-order valence-corrected chi connectivity index (χ4v) is 2.00. The normalized spacial score (nSPS) is 11.6. The number of Topliss-reactive ketones (excluding diaryl/α,β-unsaturated/α-hetero) is 1. The largest absolute Gasteiger partial charge is 0.481 e. The second-order valence-corrected chi connectivity index (χ2v) is 5.21. The Morgan fingerprint density at radius 2 is 2.04 bits per heavy atom. The lowest BCUT2D eigenvalue weighted by molar-refractivity contribution is -0.127. The number of benzene rings is 1. The van der Waals surface area contributed by atoms with E-state index in [1.165, 1.54) is 19.3 Å². The Kier molecular flexibility index (Phi) is 5.65. The van der Waals surface area contributed by atoms with Gasteiger partial charge in [-0.05, 0) is 26.0 Å². The zero-order valence-corrected chi connectivity index (χ0v) is 13.5. The summed E-state index contributed by atoms with van der Waals surface area (Å²) in [6.07, 6.45) is 2.25. The molecule has 0 saturated heterocycles. The smallest absolute Gasteiger partial charge is 0.261 e. The molecule has 23 heavy (non-hydrogen) atoms. The number of rotatable bonds is 6. The van der Waals surface area contributed by atoms with E-state index in [4.69, 9.17) is 16.3 Å². The molecule has 0 bridgehead atoms. The van der Waals surface area contributed by atoms with Crippen molar-refractivity contribution < 1.29 is 14.3 Å².